The Morgan fingerprint density at radius 2 is 1.88 bits per heavy atom. The highest BCUT2D eigenvalue weighted by Gasteiger charge is 2.31. The first kappa shape index (κ1) is 13.0. The molecule has 0 spiro atoms. The van der Waals surface area contributed by atoms with Crippen molar-refractivity contribution < 1.29 is 9.59 Å². The Morgan fingerprint density at radius 1 is 1.25 bits per heavy atom. The zero-order valence-corrected chi connectivity index (χ0v) is 10.5. The van der Waals surface area contributed by atoms with Crippen LogP contribution in [0.5, 0.6) is 0 Å². The number of amides is 2. The van der Waals surface area contributed by atoms with E-state index in [1.807, 2.05) is 7.05 Å². The summed E-state index contributed by atoms with van der Waals surface area (Å²) in [5.74, 6) is -0.341. The first-order valence-electron chi connectivity index (χ1n) is 5.69. The molecule has 1 heterocycles. The molecule has 1 unspecified atom stereocenters. The average molecular weight is 227 g/mol. The number of nitrogens with zero attached hydrogens (tertiary/aromatic N) is 2. The number of rotatable bonds is 4. The highest BCUT2D eigenvalue weighted by atomic mass is 16.2. The number of nitrogens with one attached hydrogen (secondary N) is 1. The molecule has 1 aliphatic rings. The van der Waals surface area contributed by atoms with Crippen molar-refractivity contribution in [2.24, 2.45) is 5.92 Å². The Labute approximate surface area is 96.8 Å². The maximum atomic E-state index is 11.7. The van der Waals surface area contributed by atoms with Gasteiger partial charge in [-0.15, -0.1) is 0 Å². The maximum Gasteiger partial charge on any atom is 0.312 e. The van der Waals surface area contributed by atoms with Gasteiger partial charge in [-0.05, 0) is 13.0 Å². The largest absolute Gasteiger partial charge is 0.336 e. The van der Waals surface area contributed by atoms with Crippen LogP contribution in [0, 0.1) is 5.92 Å². The fraction of sp³-hybridized carbons (Fsp3) is 0.818. The summed E-state index contributed by atoms with van der Waals surface area (Å²) in [5.41, 5.74) is 0. The van der Waals surface area contributed by atoms with E-state index < -0.39 is 5.91 Å². The van der Waals surface area contributed by atoms with Gasteiger partial charge < -0.3 is 15.1 Å². The molecule has 1 rings (SSSR count). The summed E-state index contributed by atoms with van der Waals surface area (Å²) in [7, 11) is 3.54. The Balaban J connectivity index is 2.61. The van der Waals surface area contributed by atoms with Crippen molar-refractivity contribution in [3.8, 4) is 0 Å². The van der Waals surface area contributed by atoms with Crippen molar-refractivity contribution in [3.05, 3.63) is 0 Å². The van der Waals surface area contributed by atoms with E-state index in [0.29, 0.717) is 25.6 Å². The van der Waals surface area contributed by atoms with Crippen LogP contribution in [0.1, 0.15) is 13.8 Å². The lowest BCUT2D eigenvalue weighted by atomic mass is 10.0. The average Bonchev–Trinajstić information content (AvgIpc) is 2.25. The molecule has 5 heteroatoms. The molecule has 1 aliphatic heterocycles. The van der Waals surface area contributed by atoms with Gasteiger partial charge in [0.05, 0.1) is 0 Å². The first-order valence-corrected chi connectivity index (χ1v) is 5.69. The van der Waals surface area contributed by atoms with E-state index in [-0.39, 0.29) is 11.9 Å². The predicted octanol–water partition coefficient (Wildman–Crippen LogP) is -0.469. The SMILES string of the molecule is CNC(CN1CCN(C)C(=O)C1=O)C(C)C. The molecule has 0 aromatic heterocycles. The van der Waals surface area contributed by atoms with Crippen molar-refractivity contribution in [2.45, 2.75) is 19.9 Å². The maximum absolute atomic E-state index is 11.7. The summed E-state index contributed by atoms with van der Waals surface area (Å²) in [4.78, 5) is 26.3. The molecular weight excluding hydrogens is 206 g/mol. The van der Waals surface area contributed by atoms with Gasteiger partial charge in [0.25, 0.3) is 0 Å². The van der Waals surface area contributed by atoms with Crippen molar-refractivity contribution in [2.75, 3.05) is 33.7 Å². The lowest BCUT2D eigenvalue weighted by Crippen LogP contribution is -2.56. The van der Waals surface area contributed by atoms with Crippen molar-refractivity contribution in [3.63, 3.8) is 0 Å². The number of carbonyl (C=O) groups is 2. The number of likely N-dealkylation sites (N-methyl/N-ethyl adjacent to an activating group) is 2. The van der Waals surface area contributed by atoms with Crippen LogP contribution >= 0.6 is 0 Å². The Hall–Kier alpha value is -1.10. The van der Waals surface area contributed by atoms with Gasteiger partial charge in [-0.3, -0.25) is 9.59 Å². The van der Waals surface area contributed by atoms with Gasteiger partial charge in [-0.25, -0.2) is 0 Å². The van der Waals surface area contributed by atoms with Gasteiger partial charge in [-0.1, -0.05) is 13.8 Å². The van der Waals surface area contributed by atoms with E-state index in [9.17, 15) is 9.59 Å². The monoisotopic (exact) mass is 227 g/mol. The fourth-order valence-corrected chi connectivity index (χ4v) is 1.82. The Kier molecular flexibility index (Phi) is 4.29. The van der Waals surface area contributed by atoms with E-state index in [4.69, 9.17) is 0 Å². The first-order chi connectivity index (χ1) is 7.47. The van der Waals surface area contributed by atoms with Crippen molar-refractivity contribution in [1.29, 1.82) is 0 Å². The summed E-state index contributed by atoms with van der Waals surface area (Å²) >= 11 is 0. The molecule has 92 valence electrons. The number of piperazine rings is 1. The van der Waals surface area contributed by atoms with Crippen LogP contribution in [0.25, 0.3) is 0 Å². The van der Waals surface area contributed by atoms with Crippen LogP contribution in [0.3, 0.4) is 0 Å². The zero-order valence-electron chi connectivity index (χ0n) is 10.5. The lowest BCUT2D eigenvalue weighted by molar-refractivity contribution is -0.155. The van der Waals surface area contributed by atoms with Crippen molar-refractivity contribution in [1.82, 2.24) is 15.1 Å². The molecule has 0 aliphatic carbocycles. The third kappa shape index (κ3) is 2.72. The molecule has 0 aromatic carbocycles. The molecule has 1 N–H and O–H groups in total. The van der Waals surface area contributed by atoms with Crippen LogP contribution < -0.4 is 5.32 Å². The molecular formula is C11H21N3O2. The summed E-state index contributed by atoms with van der Waals surface area (Å²) in [5, 5.41) is 3.18. The van der Waals surface area contributed by atoms with Gasteiger partial charge in [-0.2, -0.15) is 0 Å². The molecule has 1 fully saturated rings. The number of hydrogen-bond donors (Lipinski definition) is 1. The molecule has 0 radical (unpaired) electrons. The summed E-state index contributed by atoms with van der Waals surface area (Å²) < 4.78 is 0. The van der Waals surface area contributed by atoms with Crippen LogP contribution in [-0.2, 0) is 9.59 Å². The molecule has 1 atom stereocenters. The predicted molar refractivity (Wildman–Crippen MR) is 61.9 cm³/mol. The highest BCUT2D eigenvalue weighted by molar-refractivity contribution is 6.35. The normalized spacial score (nSPS) is 19.6. The Morgan fingerprint density at radius 3 is 2.38 bits per heavy atom. The second-order valence-electron chi connectivity index (χ2n) is 4.62. The molecule has 1 saturated heterocycles. The van der Waals surface area contributed by atoms with E-state index in [1.54, 1.807) is 11.9 Å². The minimum absolute atomic E-state index is 0.236. The second-order valence-corrected chi connectivity index (χ2v) is 4.62. The third-order valence-electron chi connectivity index (χ3n) is 3.11. The minimum Gasteiger partial charge on any atom is -0.336 e. The topological polar surface area (TPSA) is 52.6 Å². The fourth-order valence-electron chi connectivity index (χ4n) is 1.82. The smallest absolute Gasteiger partial charge is 0.312 e. The van der Waals surface area contributed by atoms with E-state index in [2.05, 4.69) is 19.2 Å². The van der Waals surface area contributed by atoms with Crippen molar-refractivity contribution >= 4 is 11.8 Å². The van der Waals surface area contributed by atoms with Gasteiger partial charge in [0.15, 0.2) is 0 Å². The van der Waals surface area contributed by atoms with E-state index in [0.717, 1.165) is 0 Å². The van der Waals surface area contributed by atoms with Gasteiger partial charge in [0.1, 0.15) is 0 Å². The highest BCUT2D eigenvalue weighted by Crippen LogP contribution is 2.08. The third-order valence-corrected chi connectivity index (χ3v) is 3.11. The van der Waals surface area contributed by atoms with E-state index >= 15 is 0 Å². The minimum atomic E-state index is -0.398. The lowest BCUT2D eigenvalue weighted by Gasteiger charge is -2.34. The molecule has 2 amide bonds. The van der Waals surface area contributed by atoms with Gasteiger partial charge >= 0.3 is 11.8 Å². The number of carbonyl (C=O) groups excluding carboxylic acids is 2. The zero-order chi connectivity index (χ0) is 12.3. The molecule has 0 bridgehead atoms. The van der Waals surface area contributed by atoms with Crippen LogP contribution in [0.4, 0.5) is 0 Å². The van der Waals surface area contributed by atoms with Crippen LogP contribution in [0.2, 0.25) is 0 Å². The molecule has 0 saturated carbocycles. The number of hydrogen-bond acceptors (Lipinski definition) is 3. The van der Waals surface area contributed by atoms with Crippen LogP contribution in [0.15, 0.2) is 0 Å². The second kappa shape index (κ2) is 5.30. The molecule has 0 aromatic rings. The van der Waals surface area contributed by atoms with Crippen LogP contribution in [-0.4, -0.2) is 61.4 Å². The molecule has 5 nitrogen and oxygen atoms in total. The molecule has 16 heavy (non-hydrogen) atoms. The van der Waals surface area contributed by atoms with Gasteiger partial charge in [0.2, 0.25) is 0 Å². The summed E-state index contributed by atoms with van der Waals surface area (Å²) in [6, 6.07) is 0.236. The van der Waals surface area contributed by atoms with E-state index in [1.165, 1.54) is 4.90 Å². The van der Waals surface area contributed by atoms with Gasteiger partial charge in [0, 0.05) is 32.7 Å². The quantitative estimate of drug-likeness (QED) is 0.661. The standard InChI is InChI=1S/C11H21N3O2/c1-8(2)9(12-3)7-14-6-5-13(4)10(15)11(14)16/h8-9,12H,5-7H2,1-4H3. The summed E-state index contributed by atoms with van der Waals surface area (Å²) in [6.07, 6.45) is 0. The summed E-state index contributed by atoms with van der Waals surface area (Å²) in [6.45, 7) is 6.06. The Bertz CT molecular complexity index is 278.